The number of unbranched alkanes of at least 4 members (excludes halogenated alkanes) is 13. The predicted molar refractivity (Wildman–Crippen MR) is 248 cm³/mol. The van der Waals surface area contributed by atoms with Crippen molar-refractivity contribution in [2.24, 2.45) is 0 Å². The van der Waals surface area contributed by atoms with Crippen molar-refractivity contribution in [1.82, 2.24) is 5.32 Å². The summed E-state index contributed by atoms with van der Waals surface area (Å²) >= 11 is 0. The molecule has 1 saturated heterocycles. The smallest absolute Gasteiger partial charge is 0.220 e. The largest absolute Gasteiger partial charge is 0.394 e. The lowest BCUT2D eigenvalue weighted by molar-refractivity contribution is -0.302. The summed E-state index contributed by atoms with van der Waals surface area (Å²) in [5.41, 5.74) is 0. The second-order valence-electron chi connectivity index (χ2n) is 15.8. The number of rotatable bonds is 37. The lowest BCUT2D eigenvalue weighted by Gasteiger charge is -2.40. The molecule has 6 N–H and O–H groups in total. The minimum atomic E-state index is -1.58. The first-order valence-electron chi connectivity index (χ1n) is 23.5. The molecule has 1 aliphatic rings. The Morgan fingerprint density at radius 3 is 1.52 bits per heavy atom. The molecule has 1 heterocycles. The van der Waals surface area contributed by atoms with Crippen molar-refractivity contribution in [3.8, 4) is 0 Å². The normalized spacial score (nSPS) is 21.5. The SMILES string of the molecule is CC/C=C\C/C=C\C/C=C\C/C=C\C/C=C\C/C=C\C/C=C\CCCC(=O)NC(COC1OC(CO)C(O)C(O)C1O)C(O)/C=C/CCCCCCCCCCCCCC. The molecule has 0 aromatic rings. The van der Waals surface area contributed by atoms with Gasteiger partial charge in [-0.3, -0.25) is 4.79 Å². The van der Waals surface area contributed by atoms with Crippen molar-refractivity contribution in [3.05, 3.63) is 97.2 Å². The average molecular weight is 840 g/mol. The molecule has 1 rings (SSSR count). The number of hydrogen-bond donors (Lipinski definition) is 6. The number of carbonyl (C=O) groups excluding carboxylic acids is 1. The standard InChI is InChI=1S/C51H85NO8/c1-3-5-7-9-11-13-15-17-19-20-21-22-23-24-25-26-27-29-31-33-35-37-39-41-47(55)52-44(43-59-51-50(58)49(57)48(56)46(42-53)60-51)45(54)40-38-36-34-32-30-28-18-16-14-12-10-8-6-4-2/h5,7,11,13,17,19,21-22,24-25,27,29,33,35,38,40,44-46,48-51,53-54,56-58H,3-4,6,8-10,12,14-16,18,20,23,26,28,30-32,34,36-37,39,41-43H2,1-2H3,(H,52,55)/b7-5-,13-11-,19-17-,22-21-,25-24-,29-27-,35-33-,40-38+. The highest BCUT2D eigenvalue weighted by Crippen LogP contribution is 2.22. The van der Waals surface area contributed by atoms with E-state index < -0.39 is 49.5 Å². The third kappa shape index (κ3) is 30.2. The van der Waals surface area contributed by atoms with Crippen LogP contribution in [0.15, 0.2) is 97.2 Å². The Bertz CT molecular complexity index is 1250. The maximum atomic E-state index is 12.9. The second kappa shape index (κ2) is 40.2. The molecule has 7 atom stereocenters. The molecule has 0 aromatic heterocycles. The van der Waals surface area contributed by atoms with Gasteiger partial charge in [0.05, 0.1) is 25.4 Å². The molecule has 0 bridgehead atoms. The van der Waals surface area contributed by atoms with Gasteiger partial charge in [0.15, 0.2) is 6.29 Å². The van der Waals surface area contributed by atoms with Crippen LogP contribution >= 0.6 is 0 Å². The lowest BCUT2D eigenvalue weighted by Crippen LogP contribution is -2.60. The first-order valence-corrected chi connectivity index (χ1v) is 23.5. The fourth-order valence-corrected chi connectivity index (χ4v) is 6.67. The van der Waals surface area contributed by atoms with Gasteiger partial charge in [-0.25, -0.2) is 0 Å². The van der Waals surface area contributed by atoms with E-state index in [9.17, 15) is 30.3 Å². The monoisotopic (exact) mass is 840 g/mol. The molecular weight excluding hydrogens is 755 g/mol. The first-order chi connectivity index (χ1) is 29.3. The van der Waals surface area contributed by atoms with Crippen LogP contribution in [0, 0.1) is 0 Å². The van der Waals surface area contributed by atoms with E-state index in [0.717, 1.165) is 70.6 Å². The van der Waals surface area contributed by atoms with Gasteiger partial charge in [-0.15, -0.1) is 0 Å². The highest BCUT2D eigenvalue weighted by atomic mass is 16.7. The Hall–Kier alpha value is -2.89. The number of nitrogens with one attached hydrogen (secondary N) is 1. The number of allylic oxidation sites excluding steroid dienone is 15. The molecule has 9 heteroatoms. The van der Waals surface area contributed by atoms with Gasteiger partial charge in [0.2, 0.25) is 5.91 Å². The molecular formula is C51H85NO8. The lowest BCUT2D eigenvalue weighted by atomic mass is 9.99. The molecule has 0 spiro atoms. The number of aliphatic hydroxyl groups is 5. The van der Waals surface area contributed by atoms with E-state index in [1.807, 2.05) is 6.08 Å². The summed E-state index contributed by atoms with van der Waals surface area (Å²) in [4.78, 5) is 12.9. The maximum Gasteiger partial charge on any atom is 0.220 e. The van der Waals surface area contributed by atoms with Crippen LogP contribution in [-0.2, 0) is 14.3 Å². The number of ether oxygens (including phenoxy) is 2. The third-order valence-corrected chi connectivity index (χ3v) is 10.4. The van der Waals surface area contributed by atoms with Crippen molar-refractivity contribution >= 4 is 5.91 Å². The summed E-state index contributed by atoms with van der Waals surface area (Å²) in [6, 6.07) is -0.841. The zero-order chi connectivity index (χ0) is 43.7. The van der Waals surface area contributed by atoms with Crippen molar-refractivity contribution in [2.45, 2.75) is 204 Å². The van der Waals surface area contributed by atoms with Gasteiger partial charge < -0.3 is 40.3 Å². The number of amides is 1. The highest BCUT2D eigenvalue weighted by Gasteiger charge is 2.44. The molecule has 1 fully saturated rings. The minimum Gasteiger partial charge on any atom is -0.394 e. The van der Waals surface area contributed by atoms with E-state index in [1.165, 1.54) is 64.2 Å². The van der Waals surface area contributed by atoms with Crippen molar-refractivity contribution in [2.75, 3.05) is 13.2 Å². The Morgan fingerprint density at radius 2 is 1.03 bits per heavy atom. The topological polar surface area (TPSA) is 149 Å². The molecule has 9 nitrogen and oxygen atoms in total. The fraction of sp³-hybridized carbons (Fsp3) is 0.667. The van der Waals surface area contributed by atoms with Gasteiger partial charge in [0.25, 0.3) is 0 Å². The molecule has 342 valence electrons. The zero-order valence-corrected chi connectivity index (χ0v) is 37.4. The van der Waals surface area contributed by atoms with Crippen LogP contribution in [0.4, 0.5) is 0 Å². The summed E-state index contributed by atoms with van der Waals surface area (Å²) in [6.45, 7) is 3.60. The third-order valence-electron chi connectivity index (χ3n) is 10.4. The van der Waals surface area contributed by atoms with E-state index in [-0.39, 0.29) is 18.9 Å². The van der Waals surface area contributed by atoms with Crippen LogP contribution in [0.5, 0.6) is 0 Å². The summed E-state index contributed by atoms with van der Waals surface area (Å²) in [5, 5.41) is 54.1. The van der Waals surface area contributed by atoms with E-state index in [4.69, 9.17) is 9.47 Å². The van der Waals surface area contributed by atoms with Crippen LogP contribution in [0.2, 0.25) is 0 Å². The second-order valence-corrected chi connectivity index (χ2v) is 15.8. The Morgan fingerprint density at radius 1 is 0.583 bits per heavy atom. The molecule has 0 aliphatic carbocycles. The fourth-order valence-electron chi connectivity index (χ4n) is 6.67. The van der Waals surface area contributed by atoms with Crippen molar-refractivity contribution in [3.63, 3.8) is 0 Å². The number of aliphatic hydroxyl groups excluding tert-OH is 5. The van der Waals surface area contributed by atoms with Crippen molar-refractivity contribution in [1.29, 1.82) is 0 Å². The van der Waals surface area contributed by atoms with Gasteiger partial charge in [0, 0.05) is 6.42 Å². The molecule has 0 aromatic carbocycles. The Labute approximate surface area is 364 Å². The molecule has 7 unspecified atom stereocenters. The van der Waals surface area contributed by atoms with Gasteiger partial charge >= 0.3 is 0 Å². The highest BCUT2D eigenvalue weighted by molar-refractivity contribution is 5.76. The quantitative estimate of drug-likeness (QED) is 0.0268. The van der Waals surface area contributed by atoms with Gasteiger partial charge in [-0.2, -0.15) is 0 Å². The van der Waals surface area contributed by atoms with Crippen LogP contribution in [-0.4, -0.2) is 87.5 Å². The minimum absolute atomic E-state index is 0.218. The van der Waals surface area contributed by atoms with E-state index >= 15 is 0 Å². The maximum absolute atomic E-state index is 12.9. The molecule has 1 aliphatic heterocycles. The molecule has 0 radical (unpaired) electrons. The summed E-state index contributed by atoms with van der Waals surface area (Å²) < 4.78 is 11.2. The molecule has 0 saturated carbocycles. The van der Waals surface area contributed by atoms with E-state index in [1.54, 1.807) is 6.08 Å². The van der Waals surface area contributed by atoms with E-state index in [0.29, 0.717) is 6.42 Å². The first kappa shape index (κ1) is 55.1. The van der Waals surface area contributed by atoms with E-state index in [2.05, 4.69) is 104 Å². The zero-order valence-electron chi connectivity index (χ0n) is 37.4. The average Bonchev–Trinajstić information content (AvgIpc) is 3.25. The van der Waals surface area contributed by atoms with Gasteiger partial charge in [-0.05, 0) is 70.6 Å². The predicted octanol–water partition coefficient (Wildman–Crippen LogP) is 10.1. The molecule has 60 heavy (non-hydrogen) atoms. The van der Waals surface area contributed by atoms with Crippen LogP contribution in [0.1, 0.15) is 162 Å². The van der Waals surface area contributed by atoms with Crippen LogP contribution in [0.3, 0.4) is 0 Å². The Kier molecular flexibility index (Phi) is 36.9. The summed E-state index contributed by atoms with van der Waals surface area (Å²) in [5.74, 6) is -0.240. The number of hydrogen-bond acceptors (Lipinski definition) is 8. The summed E-state index contributed by atoms with van der Waals surface area (Å²) in [7, 11) is 0. The van der Waals surface area contributed by atoms with Gasteiger partial charge in [-0.1, -0.05) is 182 Å². The molecule has 1 amide bonds. The van der Waals surface area contributed by atoms with Crippen molar-refractivity contribution < 1.29 is 39.8 Å². The van der Waals surface area contributed by atoms with Gasteiger partial charge in [0.1, 0.15) is 24.4 Å². The van der Waals surface area contributed by atoms with Crippen LogP contribution in [0.25, 0.3) is 0 Å². The Balaban J connectivity index is 2.40. The van der Waals surface area contributed by atoms with Crippen LogP contribution < -0.4 is 5.32 Å². The number of carbonyl (C=O) groups is 1. The summed E-state index contributed by atoms with van der Waals surface area (Å²) in [6.07, 6.45) is 50.2.